The van der Waals surface area contributed by atoms with Gasteiger partial charge in [-0.2, -0.15) is 5.10 Å². The first-order valence-corrected chi connectivity index (χ1v) is 8.82. The van der Waals surface area contributed by atoms with Crippen molar-refractivity contribution in [2.45, 2.75) is 30.8 Å². The summed E-state index contributed by atoms with van der Waals surface area (Å²) in [5.74, 6) is 0.812. The number of hydrogen-bond acceptors (Lipinski definition) is 3. The van der Waals surface area contributed by atoms with Crippen LogP contribution in [0.2, 0.25) is 0 Å². The minimum atomic E-state index is -0.221. The average molecular weight is 322 g/mol. The number of likely N-dealkylation sites (tertiary alicyclic amines) is 1. The Morgan fingerprint density at radius 1 is 1.29 bits per heavy atom. The molecule has 0 aliphatic carbocycles. The second kappa shape index (κ2) is 4.93. The number of carbonyl (C=O) groups is 1. The fraction of sp³-hybridized carbons (Fsp3) is 0.474. The third-order valence-electron chi connectivity index (χ3n) is 6.26. The number of hydrogen-bond donors (Lipinski definition) is 0. The molecule has 124 valence electrons. The van der Waals surface area contributed by atoms with E-state index in [1.165, 1.54) is 5.56 Å². The molecule has 0 bridgehead atoms. The monoisotopic (exact) mass is 322 g/mol. The van der Waals surface area contributed by atoms with Crippen LogP contribution in [0.1, 0.15) is 30.9 Å². The molecule has 2 aromatic rings. The van der Waals surface area contributed by atoms with Crippen LogP contribution >= 0.6 is 0 Å². The van der Waals surface area contributed by atoms with Crippen LogP contribution in [0.4, 0.5) is 0 Å². The maximum atomic E-state index is 12.9. The zero-order valence-electron chi connectivity index (χ0n) is 13.9. The smallest absolute Gasteiger partial charge is 0.243 e. The summed E-state index contributed by atoms with van der Waals surface area (Å²) in [4.78, 5) is 17.3. The Bertz CT molecular complexity index is 786. The van der Waals surface area contributed by atoms with Gasteiger partial charge in [0.25, 0.3) is 0 Å². The number of carbonyl (C=O) groups excluding carboxylic acids is 1. The van der Waals surface area contributed by atoms with Crippen LogP contribution in [0.15, 0.2) is 42.7 Å². The molecule has 3 fully saturated rings. The highest BCUT2D eigenvalue weighted by atomic mass is 16.2. The Labute approximate surface area is 141 Å². The molecule has 5 rings (SSSR count). The highest BCUT2D eigenvalue weighted by Gasteiger charge is 2.64. The molecule has 1 aromatic carbocycles. The van der Waals surface area contributed by atoms with Crippen LogP contribution in [-0.4, -0.2) is 51.2 Å². The minimum Gasteiger partial charge on any atom is -0.344 e. The maximum absolute atomic E-state index is 12.9. The largest absolute Gasteiger partial charge is 0.344 e. The molecule has 0 radical (unpaired) electrons. The minimum absolute atomic E-state index is 0.221. The van der Waals surface area contributed by atoms with E-state index in [9.17, 15) is 4.79 Å². The van der Waals surface area contributed by atoms with Gasteiger partial charge < -0.3 is 4.90 Å². The van der Waals surface area contributed by atoms with Crippen molar-refractivity contribution in [3.63, 3.8) is 0 Å². The van der Waals surface area contributed by atoms with Crippen molar-refractivity contribution in [1.29, 1.82) is 0 Å². The lowest BCUT2D eigenvalue weighted by molar-refractivity contribution is -0.135. The lowest BCUT2D eigenvalue weighted by atomic mass is 9.85. The normalized spacial score (nSPS) is 32.4. The van der Waals surface area contributed by atoms with Crippen molar-refractivity contribution in [2.75, 3.05) is 20.1 Å². The molecule has 1 aromatic heterocycles. The van der Waals surface area contributed by atoms with Gasteiger partial charge >= 0.3 is 0 Å². The molecule has 5 heteroatoms. The first kappa shape index (κ1) is 14.2. The average Bonchev–Trinajstić information content (AvgIpc) is 3.34. The molecule has 24 heavy (non-hydrogen) atoms. The van der Waals surface area contributed by atoms with Crippen LogP contribution in [0.3, 0.4) is 0 Å². The number of rotatable bonds is 2. The van der Waals surface area contributed by atoms with Gasteiger partial charge in [0.1, 0.15) is 5.54 Å². The molecular weight excluding hydrogens is 300 g/mol. The zero-order valence-corrected chi connectivity index (χ0v) is 13.9. The predicted octanol–water partition coefficient (Wildman–Crippen LogP) is 2.24. The first-order chi connectivity index (χ1) is 11.7. The van der Waals surface area contributed by atoms with Crippen LogP contribution in [-0.2, 0) is 4.79 Å². The van der Waals surface area contributed by atoms with Gasteiger partial charge in [-0.15, -0.1) is 0 Å². The molecule has 3 aliphatic heterocycles. The Hall–Kier alpha value is -2.14. The van der Waals surface area contributed by atoms with Gasteiger partial charge in [0.15, 0.2) is 0 Å². The number of benzene rings is 1. The summed E-state index contributed by atoms with van der Waals surface area (Å²) < 4.78 is 1.90. The summed E-state index contributed by atoms with van der Waals surface area (Å²) in [6.45, 7) is 1.94. The van der Waals surface area contributed by atoms with Crippen LogP contribution in [0, 0.1) is 5.92 Å². The summed E-state index contributed by atoms with van der Waals surface area (Å²) >= 11 is 0. The number of amides is 1. The summed E-state index contributed by atoms with van der Waals surface area (Å²) in [5, 5.41) is 4.34. The molecule has 1 amide bonds. The fourth-order valence-electron chi connectivity index (χ4n) is 5.31. The number of nitrogens with zero attached hydrogens (tertiary/aromatic N) is 4. The van der Waals surface area contributed by atoms with E-state index in [1.807, 2.05) is 28.9 Å². The lowest BCUT2D eigenvalue weighted by Crippen LogP contribution is -2.49. The van der Waals surface area contributed by atoms with E-state index in [-0.39, 0.29) is 5.54 Å². The maximum Gasteiger partial charge on any atom is 0.243 e. The predicted molar refractivity (Wildman–Crippen MR) is 90.7 cm³/mol. The van der Waals surface area contributed by atoms with Crippen molar-refractivity contribution in [2.24, 2.45) is 5.92 Å². The summed E-state index contributed by atoms with van der Waals surface area (Å²) in [7, 11) is 1.96. The molecule has 3 aliphatic rings. The van der Waals surface area contributed by atoms with Gasteiger partial charge in [0.2, 0.25) is 5.91 Å². The summed E-state index contributed by atoms with van der Waals surface area (Å²) in [6, 6.07) is 10.9. The third kappa shape index (κ3) is 1.73. The van der Waals surface area contributed by atoms with Crippen molar-refractivity contribution >= 4 is 5.91 Å². The second-order valence-corrected chi connectivity index (χ2v) is 7.40. The second-order valence-electron chi connectivity index (χ2n) is 7.40. The van der Waals surface area contributed by atoms with Crippen molar-refractivity contribution in [1.82, 2.24) is 19.6 Å². The Morgan fingerprint density at radius 3 is 3.04 bits per heavy atom. The van der Waals surface area contributed by atoms with E-state index in [2.05, 4.69) is 34.3 Å². The van der Waals surface area contributed by atoms with Gasteiger partial charge in [-0.1, -0.05) is 12.1 Å². The molecule has 0 N–H and O–H groups in total. The highest BCUT2D eigenvalue weighted by molar-refractivity contribution is 5.90. The SMILES string of the molecule is CN1C[C@@H]2C[C@@H](c3cccc(-n4cccn4)c3)N3CCC[C@@]23C1=O. The van der Waals surface area contributed by atoms with E-state index in [0.717, 1.165) is 38.0 Å². The van der Waals surface area contributed by atoms with Gasteiger partial charge in [0.05, 0.1) is 5.69 Å². The topological polar surface area (TPSA) is 41.4 Å². The summed E-state index contributed by atoms with van der Waals surface area (Å²) in [5.41, 5.74) is 2.18. The molecular formula is C19H22N4O. The zero-order chi connectivity index (χ0) is 16.3. The fourth-order valence-corrected chi connectivity index (χ4v) is 5.31. The molecule has 3 atom stereocenters. The standard InChI is InChI=1S/C19H22N4O/c1-21-13-15-12-17(22-9-3-7-19(15,22)18(21)24)14-5-2-6-16(11-14)23-10-4-8-20-23/h2,4-6,8,10-11,15,17H,3,7,9,12-13H2,1H3/t15-,17-,19-/m0/s1. The van der Waals surface area contributed by atoms with Crippen LogP contribution < -0.4 is 0 Å². The number of likely N-dealkylation sites (N-methyl/N-ethyl adjacent to an activating group) is 1. The van der Waals surface area contributed by atoms with E-state index in [0.29, 0.717) is 17.9 Å². The van der Waals surface area contributed by atoms with Gasteiger partial charge in [-0.05, 0) is 49.6 Å². The molecule has 5 nitrogen and oxygen atoms in total. The Kier molecular flexibility index (Phi) is 2.92. The van der Waals surface area contributed by atoms with E-state index in [1.54, 1.807) is 6.20 Å². The Balaban J connectivity index is 1.53. The molecule has 3 saturated heterocycles. The Morgan fingerprint density at radius 2 is 2.21 bits per heavy atom. The van der Waals surface area contributed by atoms with Crippen molar-refractivity contribution in [3.8, 4) is 5.69 Å². The molecule has 0 unspecified atom stereocenters. The molecule has 1 spiro atoms. The quantitative estimate of drug-likeness (QED) is 0.851. The van der Waals surface area contributed by atoms with E-state index < -0.39 is 0 Å². The third-order valence-corrected chi connectivity index (χ3v) is 6.26. The van der Waals surface area contributed by atoms with Crippen molar-refractivity contribution in [3.05, 3.63) is 48.3 Å². The molecule has 4 heterocycles. The number of aromatic nitrogens is 2. The van der Waals surface area contributed by atoms with Crippen LogP contribution in [0.5, 0.6) is 0 Å². The first-order valence-electron chi connectivity index (χ1n) is 8.82. The van der Waals surface area contributed by atoms with Crippen LogP contribution in [0.25, 0.3) is 5.69 Å². The molecule has 0 saturated carbocycles. The highest BCUT2D eigenvalue weighted by Crippen LogP contribution is 2.55. The summed E-state index contributed by atoms with van der Waals surface area (Å²) in [6.07, 6.45) is 7.01. The van der Waals surface area contributed by atoms with Crippen molar-refractivity contribution < 1.29 is 4.79 Å². The van der Waals surface area contributed by atoms with E-state index >= 15 is 0 Å². The van der Waals surface area contributed by atoms with Gasteiger partial charge in [0, 0.05) is 37.9 Å². The van der Waals surface area contributed by atoms with E-state index in [4.69, 9.17) is 0 Å². The van der Waals surface area contributed by atoms with Gasteiger partial charge in [-0.3, -0.25) is 9.69 Å². The van der Waals surface area contributed by atoms with Gasteiger partial charge in [-0.25, -0.2) is 4.68 Å². The lowest BCUT2D eigenvalue weighted by Gasteiger charge is -2.33.